The van der Waals surface area contributed by atoms with E-state index in [4.69, 9.17) is 5.11 Å². The van der Waals surface area contributed by atoms with Gasteiger partial charge in [-0.1, -0.05) is 13.3 Å². The van der Waals surface area contributed by atoms with Crippen LogP contribution in [0.3, 0.4) is 0 Å². The molecule has 0 aromatic heterocycles. The Hall–Kier alpha value is -1.26. The third-order valence-corrected chi connectivity index (χ3v) is 3.53. The SMILES string of the molecule is CCC(CNC(=O)N(C)C1CCC1)CC(=O)O. The third-order valence-electron chi connectivity index (χ3n) is 3.53. The third kappa shape index (κ3) is 4.24. The number of urea groups is 1. The first-order chi connectivity index (χ1) is 8.04. The van der Waals surface area contributed by atoms with Crippen molar-refractivity contribution >= 4 is 12.0 Å². The van der Waals surface area contributed by atoms with Crippen LogP contribution in [0.15, 0.2) is 0 Å². The van der Waals surface area contributed by atoms with E-state index in [-0.39, 0.29) is 18.4 Å². The Kier molecular flexibility index (Phi) is 5.25. The van der Waals surface area contributed by atoms with Crippen LogP contribution in [0.2, 0.25) is 0 Å². The first kappa shape index (κ1) is 13.8. The fourth-order valence-electron chi connectivity index (χ4n) is 1.90. The number of amides is 2. The quantitative estimate of drug-likeness (QED) is 0.744. The molecule has 1 saturated carbocycles. The van der Waals surface area contributed by atoms with Crippen molar-refractivity contribution in [1.29, 1.82) is 0 Å². The summed E-state index contributed by atoms with van der Waals surface area (Å²) in [5.74, 6) is -0.787. The van der Waals surface area contributed by atoms with E-state index in [1.165, 1.54) is 6.42 Å². The van der Waals surface area contributed by atoms with E-state index in [0.717, 1.165) is 19.3 Å². The van der Waals surface area contributed by atoms with Crippen molar-refractivity contribution in [3.8, 4) is 0 Å². The number of carbonyl (C=O) groups excluding carboxylic acids is 1. The second-order valence-electron chi connectivity index (χ2n) is 4.75. The molecule has 0 aromatic rings. The van der Waals surface area contributed by atoms with Crippen LogP contribution in [-0.2, 0) is 4.79 Å². The van der Waals surface area contributed by atoms with Crippen molar-refractivity contribution < 1.29 is 14.7 Å². The summed E-state index contributed by atoms with van der Waals surface area (Å²) in [6, 6.07) is 0.285. The monoisotopic (exact) mass is 242 g/mol. The molecule has 1 fully saturated rings. The van der Waals surface area contributed by atoms with Gasteiger partial charge in [-0.15, -0.1) is 0 Å². The zero-order valence-electron chi connectivity index (χ0n) is 10.6. The van der Waals surface area contributed by atoms with E-state index < -0.39 is 5.97 Å². The lowest BCUT2D eigenvalue weighted by molar-refractivity contribution is -0.138. The van der Waals surface area contributed by atoms with Gasteiger partial charge in [-0.3, -0.25) is 4.79 Å². The molecule has 1 atom stereocenters. The lowest BCUT2D eigenvalue weighted by Crippen LogP contribution is -2.47. The number of hydrogen-bond acceptors (Lipinski definition) is 2. The molecule has 5 nitrogen and oxygen atoms in total. The predicted molar refractivity (Wildman–Crippen MR) is 64.8 cm³/mol. The van der Waals surface area contributed by atoms with E-state index in [2.05, 4.69) is 5.32 Å². The van der Waals surface area contributed by atoms with E-state index >= 15 is 0 Å². The van der Waals surface area contributed by atoms with E-state index in [9.17, 15) is 9.59 Å². The van der Waals surface area contributed by atoms with Gasteiger partial charge in [0.25, 0.3) is 0 Å². The number of rotatable bonds is 6. The summed E-state index contributed by atoms with van der Waals surface area (Å²) in [5, 5.41) is 11.5. The van der Waals surface area contributed by atoms with Crippen LogP contribution in [0.4, 0.5) is 4.79 Å². The molecular weight excluding hydrogens is 220 g/mol. The van der Waals surface area contributed by atoms with Gasteiger partial charge in [-0.05, 0) is 25.2 Å². The Bertz CT molecular complexity index is 277. The highest BCUT2D eigenvalue weighted by Crippen LogP contribution is 2.23. The maximum atomic E-state index is 11.8. The molecule has 1 aliphatic rings. The van der Waals surface area contributed by atoms with E-state index in [0.29, 0.717) is 12.6 Å². The molecule has 1 unspecified atom stereocenters. The molecule has 0 aromatic carbocycles. The summed E-state index contributed by atoms with van der Waals surface area (Å²) in [6.45, 7) is 2.38. The molecule has 0 saturated heterocycles. The summed E-state index contributed by atoms with van der Waals surface area (Å²) in [4.78, 5) is 24.1. The minimum atomic E-state index is -0.807. The molecule has 17 heavy (non-hydrogen) atoms. The Morgan fingerprint density at radius 3 is 2.53 bits per heavy atom. The van der Waals surface area contributed by atoms with Crippen molar-refractivity contribution in [2.75, 3.05) is 13.6 Å². The van der Waals surface area contributed by atoms with Crippen LogP contribution < -0.4 is 5.32 Å². The Balaban J connectivity index is 2.27. The van der Waals surface area contributed by atoms with Gasteiger partial charge in [-0.2, -0.15) is 0 Å². The van der Waals surface area contributed by atoms with Gasteiger partial charge in [0.15, 0.2) is 0 Å². The zero-order valence-corrected chi connectivity index (χ0v) is 10.6. The minimum absolute atomic E-state index is 0.0197. The van der Waals surface area contributed by atoms with Crippen molar-refractivity contribution in [3.05, 3.63) is 0 Å². The maximum absolute atomic E-state index is 11.8. The first-order valence-electron chi connectivity index (χ1n) is 6.27. The van der Waals surface area contributed by atoms with Gasteiger partial charge in [-0.25, -0.2) is 4.79 Å². The molecule has 0 spiro atoms. The lowest BCUT2D eigenvalue weighted by atomic mass is 9.92. The number of aliphatic carboxylic acids is 1. The summed E-state index contributed by atoms with van der Waals surface area (Å²) in [7, 11) is 1.80. The van der Waals surface area contributed by atoms with Crippen molar-refractivity contribution in [2.45, 2.75) is 45.1 Å². The highest BCUT2D eigenvalue weighted by molar-refractivity contribution is 5.74. The number of nitrogens with zero attached hydrogens (tertiary/aromatic N) is 1. The van der Waals surface area contributed by atoms with Gasteiger partial charge in [0.1, 0.15) is 0 Å². The standard InChI is InChI=1S/C12H22N2O3/c1-3-9(7-11(15)16)8-13-12(17)14(2)10-5-4-6-10/h9-10H,3-8H2,1-2H3,(H,13,17)(H,15,16). The van der Waals surface area contributed by atoms with Gasteiger partial charge < -0.3 is 15.3 Å². The van der Waals surface area contributed by atoms with Gasteiger partial charge in [0.05, 0.1) is 0 Å². The molecule has 0 aliphatic heterocycles. The molecule has 98 valence electrons. The molecule has 1 rings (SSSR count). The highest BCUT2D eigenvalue weighted by Gasteiger charge is 2.25. The Morgan fingerprint density at radius 2 is 2.12 bits per heavy atom. The predicted octanol–water partition coefficient (Wildman–Crippen LogP) is 1.68. The smallest absolute Gasteiger partial charge is 0.317 e. The summed E-state index contributed by atoms with van der Waals surface area (Å²) in [5.41, 5.74) is 0. The molecule has 0 radical (unpaired) electrons. The van der Waals surface area contributed by atoms with Crippen molar-refractivity contribution in [3.63, 3.8) is 0 Å². The number of carbonyl (C=O) groups is 2. The second kappa shape index (κ2) is 6.47. The molecule has 5 heteroatoms. The average molecular weight is 242 g/mol. The van der Waals surface area contributed by atoms with Crippen molar-refractivity contribution in [2.24, 2.45) is 5.92 Å². The van der Waals surface area contributed by atoms with Gasteiger partial charge in [0.2, 0.25) is 0 Å². The molecular formula is C12H22N2O3. The lowest BCUT2D eigenvalue weighted by Gasteiger charge is -2.34. The molecule has 0 heterocycles. The summed E-state index contributed by atoms with van der Waals surface area (Å²) in [6.07, 6.45) is 4.23. The van der Waals surface area contributed by atoms with Crippen LogP contribution in [0.5, 0.6) is 0 Å². The summed E-state index contributed by atoms with van der Waals surface area (Å²) < 4.78 is 0. The van der Waals surface area contributed by atoms with E-state index in [1.807, 2.05) is 6.92 Å². The first-order valence-corrected chi connectivity index (χ1v) is 6.27. The fourth-order valence-corrected chi connectivity index (χ4v) is 1.90. The van der Waals surface area contributed by atoms with E-state index in [1.54, 1.807) is 11.9 Å². The minimum Gasteiger partial charge on any atom is -0.481 e. The van der Waals surface area contributed by atoms with Crippen LogP contribution >= 0.6 is 0 Å². The topological polar surface area (TPSA) is 69.6 Å². The van der Waals surface area contributed by atoms with Gasteiger partial charge in [0, 0.05) is 26.1 Å². The second-order valence-corrected chi connectivity index (χ2v) is 4.75. The average Bonchev–Trinajstić information content (AvgIpc) is 2.20. The number of carboxylic acids is 1. The Morgan fingerprint density at radius 1 is 1.47 bits per heavy atom. The molecule has 2 amide bonds. The van der Waals surface area contributed by atoms with Gasteiger partial charge >= 0.3 is 12.0 Å². The summed E-state index contributed by atoms with van der Waals surface area (Å²) >= 11 is 0. The maximum Gasteiger partial charge on any atom is 0.317 e. The highest BCUT2D eigenvalue weighted by atomic mass is 16.4. The number of hydrogen-bond donors (Lipinski definition) is 2. The Labute approximate surface area is 102 Å². The number of carboxylic acid groups (broad SMARTS) is 1. The van der Waals surface area contributed by atoms with Crippen LogP contribution in [-0.4, -0.2) is 41.6 Å². The largest absolute Gasteiger partial charge is 0.481 e. The number of nitrogens with one attached hydrogen (secondary N) is 1. The zero-order chi connectivity index (χ0) is 12.8. The molecule has 1 aliphatic carbocycles. The van der Waals surface area contributed by atoms with Crippen LogP contribution in [0.25, 0.3) is 0 Å². The molecule has 0 bridgehead atoms. The van der Waals surface area contributed by atoms with Crippen LogP contribution in [0, 0.1) is 5.92 Å². The fraction of sp³-hybridized carbons (Fsp3) is 0.833. The normalized spacial score (nSPS) is 17.1. The van der Waals surface area contributed by atoms with Crippen LogP contribution in [0.1, 0.15) is 39.0 Å². The van der Waals surface area contributed by atoms with Crippen molar-refractivity contribution in [1.82, 2.24) is 10.2 Å². The molecule has 2 N–H and O–H groups in total.